The minimum atomic E-state index is -2.95. The monoisotopic (exact) mass is 419 g/mol. The summed E-state index contributed by atoms with van der Waals surface area (Å²) in [5, 5.41) is 15.1. The van der Waals surface area contributed by atoms with Crippen LogP contribution in [0.5, 0.6) is 5.75 Å². The lowest BCUT2D eigenvalue weighted by Crippen LogP contribution is -2.19. The van der Waals surface area contributed by atoms with Crippen LogP contribution in [0.4, 0.5) is 0 Å². The zero-order valence-electron chi connectivity index (χ0n) is 18.4. The maximum absolute atomic E-state index is 11.9. The average molecular weight is 420 g/mol. The summed E-state index contributed by atoms with van der Waals surface area (Å²) in [5.41, 5.74) is 6.40. The molecule has 1 atom stereocenters. The summed E-state index contributed by atoms with van der Waals surface area (Å²) in [6.07, 6.45) is 0.634. The largest absolute Gasteiger partial charge is 0.508 e. The van der Waals surface area contributed by atoms with E-state index in [0.717, 1.165) is 28.1 Å². The number of aromatic nitrogens is 2. The summed E-state index contributed by atoms with van der Waals surface area (Å²) in [6.45, 7) is 11.7. The van der Waals surface area contributed by atoms with E-state index in [2.05, 4.69) is 29.9 Å². The lowest BCUT2D eigenvalue weighted by Gasteiger charge is -2.20. The second kappa shape index (κ2) is 8.11. The molecule has 0 aliphatic carbocycles. The summed E-state index contributed by atoms with van der Waals surface area (Å²) in [4.78, 5) is 2.17. The van der Waals surface area contributed by atoms with Gasteiger partial charge >= 0.3 is 0 Å². The summed E-state index contributed by atoms with van der Waals surface area (Å²) >= 11 is 0. The summed E-state index contributed by atoms with van der Waals surface area (Å²) in [6, 6.07) is 3.90. The molecule has 2 aromatic rings. The zero-order valence-corrected chi connectivity index (χ0v) is 19.2. The fourth-order valence-corrected chi connectivity index (χ4v) is 6.06. The average Bonchev–Trinajstić information content (AvgIpc) is 3.10. The van der Waals surface area contributed by atoms with Crippen LogP contribution < -0.4 is 0 Å². The van der Waals surface area contributed by atoms with Gasteiger partial charge in [-0.1, -0.05) is 19.9 Å². The van der Waals surface area contributed by atoms with Gasteiger partial charge in [-0.2, -0.15) is 5.10 Å². The quantitative estimate of drug-likeness (QED) is 0.774. The van der Waals surface area contributed by atoms with Crippen LogP contribution >= 0.6 is 0 Å². The smallest absolute Gasteiger partial charge is 0.152 e. The van der Waals surface area contributed by atoms with Crippen LogP contribution in [0, 0.1) is 20.8 Å². The van der Waals surface area contributed by atoms with Crippen molar-refractivity contribution in [3.63, 3.8) is 0 Å². The third-order valence-electron chi connectivity index (χ3n) is 5.99. The normalized spacial score (nSPS) is 18.8. The van der Waals surface area contributed by atoms with E-state index >= 15 is 0 Å². The molecule has 0 spiro atoms. The number of aromatic hydroxyl groups is 1. The van der Waals surface area contributed by atoms with E-state index in [1.165, 1.54) is 5.56 Å². The molecule has 7 heteroatoms. The van der Waals surface area contributed by atoms with Crippen molar-refractivity contribution in [2.45, 2.75) is 66.1 Å². The predicted octanol–water partition coefficient (Wildman–Crippen LogP) is 3.63. The van der Waals surface area contributed by atoms with Crippen LogP contribution in [0.25, 0.3) is 0 Å². The first-order valence-electron chi connectivity index (χ1n) is 10.2. The molecule has 1 aromatic carbocycles. The molecule has 0 unspecified atom stereocenters. The third-order valence-corrected chi connectivity index (χ3v) is 7.74. The van der Waals surface area contributed by atoms with Crippen molar-refractivity contribution >= 4 is 9.84 Å². The molecule has 1 saturated heterocycles. The number of rotatable bonds is 6. The van der Waals surface area contributed by atoms with Crippen molar-refractivity contribution in [1.82, 2.24) is 14.7 Å². The van der Waals surface area contributed by atoms with Crippen LogP contribution in [-0.4, -0.2) is 46.8 Å². The minimum absolute atomic E-state index is 0.0625. The number of benzene rings is 1. The lowest BCUT2D eigenvalue weighted by atomic mass is 9.95. The standard InChI is InChI=1S/C22H33N3O3S/c1-14(2)20-10-18(22(26)9-15(20)3)11-24(6)12-21-16(4)23-25(17(21)5)19-7-8-29(27,28)13-19/h9-10,14,19,26H,7-8,11-13H2,1-6H3/t19-/m0/s1. The maximum atomic E-state index is 11.9. The molecule has 2 heterocycles. The van der Waals surface area contributed by atoms with E-state index < -0.39 is 9.84 Å². The van der Waals surface area contributed by atoms with Crippen LogP contribution in [0.1, 0.15) is 65.9 Å². The molecule has 0 radical (unpaired) electrons. The molecule has 0 bridgehead atoms. The van der Waals surface area contributed by atoms with Crippen molar-refractivity contribution in [3.05, 3.63) is 45.8 Å². The number of aryl methyl sites for hydroxylation is 2. The Bertz CT molecular complexity index is 1010. The van der Waals surface area contributed by atoms with Crippen molar-refractivity contribution in [2.24, 2.45) is 0 Å². The van der Waals surface area contributed by atoms with E-state index in [9.17, 15) is 13.5 Å². The van der Waals surface area contributed by atoms with Crippen LogP contribution in [-0.2, 0) is 22.9 Å². The summed E-state index contributed by atoms with van der Waals surface area (Å²) in [5.74, 6) is 1.17. The second-order valence-corrected chi connectivity index (χ2v) is 11.0. The van der Waals surface area contributed by atoms with E-state index in [-0.39, 0.29) is 17.5 Å². The van der Waals surface area contributed by atoms with Gasteiger partial charge in [0.1, 0.15) is 5.75 Å². The predicted molar refractivity (Wildman–Crippen MR) is 116 cm³/mol. The molecular formula is C22H33N3O3S. The van der Waals surface area contributed by atoms with Gasteiger partial charge in [-0.3, -0.25) is 9.58 Å². The van der Waals surface area contributed by atoms with E-state index in [4.69, 9.17) is 0 Å². The molecule has 3 rings (SSSR count). The first-order chi connectivity index (χ1) is 13.5. The van der Waals surface area contributed by atoms with Crippen molar-refractivity contribution in [2.75, 3.05) is 18.6 Å². The summed E-state index contributed by atoms with van der Waals surface area (Å²) in [7, 11) is -0.914. The van der Waals surface area contributed by atoms with Gasteiger partial charge in [0.2, 0.25) is 0 Å². The molecule has 1 fully saturated rings. The number of hydrogen-bond donors (Lipinski definition) is 1. The van der Waals surface area contributed by atoms with Crippen molar-refractivity contribution in [1.29, 1.82) is 0 Å². The Morgan fingerprint density at radius 1 is 1.24 bits per heavy atom. The number of sulfone groups is 1. The van der Waals surface area contributed by atoms with Gasteiger partial charge in [0, 0.05) is 29.9 Å². The second-order valence-electron chi connectivity index (χ2n) is 8.82. The number of hydrogen-bond acceptors (Lipinski definition) is 5. The van der Waals surface area contributed by atoms with Gasteiger partial charge in [-0.05, 0) is 57.4 Å². The van der Waals surface area contributed by atoms with Crippen LogP contribution in [0.2, 0.25) is 0 Å². The van der Waals surface area contributed by atoms with Crippen molar-refractivity contribution in [3.8, 4) is 5.75 Å². The number of phenols is 1. The fraction of sp³-hybridized carbons (Fsp3) is 0.591. The summed E-state index contributed by atoms with van der Waals surface area (Å²) < 4.78 is 25.6. The third kappa shape index (κ3) is 4.67. The molecule has 1 aromatic heterocycles. The van der Waals surface area contributed by atoms with Crippen LogP contribution in [0.3, 0.4) is 0 Å². The molecule has 1 aliphatic rings. The molecule has 1 N–H and O–H groups in total. The molecule has 160 valence electrons. The SMILES string of the molecule is Cc1cc(O)c(CN(C)Cc2c(C)nn([C@H]3CCS(=O)(=O)C3)c2C)cc1C(C)C. The van der Waals surface area contributed by atoms with Crippen LogP contribution in [0.15, 0.2) is 12.1 Å². The highest BCUT2D eigenvalue weighted by Gasteiger charge is 2.31. The van der Waals surface area contributed by atoms with Gasteiger partial charge in [-0.15, -0.1) is 0 Å². The topological polar surface area (TPSA) is 75.4 Å². The molecular weight excluding hydrogens is 386 g/mol. The Balaban J connectivity index is 1.78. The number of nitrogens with zero attached hydrogens (tertiary/aromatic N) is 3. The lowest BCUT2D eigenvalue weighted by molar-refractivity contribution is 0.311. The molecule has 0 amide bonds. The maximum Gasteiger partial charge on any atom is 0.152 e. The Kier molecular flexibility index (Phi) is 6.11. The highest BCUT2D eigenvalue weighted by molar-refractivity contribution is 7.91. The molecule has 29 heavy (non-hydrogen) atoms. The van der Waals surface area contributed by atoms with Crippen molar-refractivity contribution < 1.29 is 13.5 Å². The minimum Gasteiger partial charge on any atom is -0.508 e. The first kappa shape index (κ1) is 21.8. The first-order valence-corrected chi connectivity index (χ1v) is 12.1. The van der Waals surface area contributed by atoms with Gasteiger partial charge in [0.05, 0.1) is 23.2 Å². The highest BCUT2D eigenvalue weighted by Crippen LogP contribution is 2.30. The molecule has 1 aliphatic heterocycles. The highest BCUT2D eigenvalue weighted by atomic mass is 32.2. The Hall–Kier alpha value is -1.86. The zero-order chi connectivity index (χ0) is 21.5. The molecule has 0 saturated carbocycles. The Morgan fingerprint density at radius 2 is 1.93 bits per heavy atom. The molecule has 6 nitrogen and oxygen atoms in total. The van der Waals surface area contributed by atoms with E-state index in [1.807, 2.05) is 38.6 Å². The Labute approximate surface area is 174 Å². The Morgan fingerprint density at radius 3 is 2.52 bits per heavy atom. The van der Waals surface area contributed by atoms with E-state index in [1.54, 1.807) is 0 Å². The van der Waals surface area contributed by atoms with Gasteiger partial charge < -0.3 is 5.11 Å². The van der Waals surface area contributed by atoms with E-state index in [0.29, 0.717) is 31.2 Å². The van der Waals surface area contributed by atoms with Gasteiger partial charge in [-0.25, -0.2) is 8.42 Å². The van der Waals surface area contributed by atoms with Gasteiger partial charge in [0.15, 0.2) is 9.84 Å². The fourth-order valence-electron chi connectivity index (χ4n) is 4.37. The van der Waals surface area contributed by atoms with Gasteiger partial charge in [0.25, 0.3) is 0 Å². The number of phenolic OH excluding ortho intramolecular Hbond substituents is 1.